The Bertz CT molecular complexity index is 781. The van der Waals surface area contributed by atoms with Crippen LogP contribution in [-0.4, -0.2) is 72.9 Å². The number of hydrogen-bond donors (Lipinski definition) is 4. The van der Waals surface area contributed by atoms with E-state index in [9.17, 15) is 33.7 Å². The predicted octanol–water partition coefficient (Wildman–Crippen LogP) is 4.89. The molecule has 0 aliphatic carbocycles. The van der Waals surface area contributed by atoms with Gasteiger partial charge < -0.3 is 0 Å². The van der Waals surface area contributed by atoms with E-state index in [1.165, 1.54) is 0 Å². The molecule has 4 N–H and O–H groups in total. The molecule has 0 rings (SSSR count). The minimum absolute atomic E-state index is 0. The third kappa shape index (κ3) is 25.7. The molecule has 0 aromatic carbocycles. The molecule has 0 spiro atoms. The van der Waals surface area contributed by atoms with Crippen molar-refractivity contribution in [3.05, 3.63) is 0 Å². The Hall–Kier alpha value is -0.360. The molecular weight excluding hydrogens is 572 g/mol. The van der Waals surface area contributed by atoms with Crippen LogP contribution in [0.4, 0.5) is 0 Å². The normalized spacial score (nSPS) is 12.1. The van der Waals surface area contributed by atoms with Gasteiger partial charge in [0, 0.05) is 0 Å². The average molecular weight is 625 g/mol. The van der Waals surface area contributed by atoms with Gasteiger partial charge in [0.05, 0.1) is 21.0 Å². The zero-order valence-corrected chi connectivity index (χ0v) is 25.9. The summed E-state index contributed by atoms with van der Waals surface area (Å²) in [7, 11) is -15.1. The van der Waals surface area contributed by atoms with E-state index in [0.29, 0.717) is 51.4 Å². The second-order valence-corrected chi connectivity index (χ2v) is 14.6. The minimum Gasteiger partial charge on any atom is -0.285 e. The van der Waals surface area contributed by atoms with Crippen molar-refractivity contribution in [1.29, 1.82) is 0 Å². The fraction of sp³-hybridized carbons (Fsp3) is 1.00. The molecule has 0 heterocycles. The summed E-state index contributed by atoms with van der Waals surface area (Å²) in [6.45, 7) is 13.9. The second kappa shape index (κ2) is 22.5. The monoisotopic (exact) mass is 624 g/mol. The van der Waals surface area contributed by atoms with E-state index < -0.39 is 61.5 Å². The third-order valence-corrected chi connectivity index (χ3v) is 11.4. The van der Waals surface area contributed by atoms with Crippen molar-refractivity contribution in [1.82, 2.24) is 0 Å². The molecule has 232 valence electrons. The Kier molecular flexibility index (Phi) is 28.2. The molecule has 37 heavy (non-hydrogen) atoms. The summed E-state index contributed by atoms with van der Waals surface area (Å²) in [5, 5.41) is -2.29. The molecule has 0 saturated carbocycles. The van der Waals surface area contributed by atoms with Crippen molar-refractivity contribution in [3.8, 4) is 0 Å². The lowest BCUT2D eigenvalue weighted by molar-refractivity contribution is 0.459. The lowest BCUT2D eigenvalue weighted by Crippen LogP contribution is -2.17. The quantitative estimate of drug-likeness (QED) is 0.213. The molecular formula is C21H52O12S4. The first-order valence-electron chi connectivity index (χ1n) is 11.9. The van der Waals surface area contributed by atoms with E-state index in [4.69, 9.17) is 18.2 Å². The van der Waals surface area contributed by atoms with Gasteiger partial charge in [-0.25, -0.2) is 0 Å². The topological polar surface area (TPSA) is 217 Å². The first-order valence-corrected chi connectivity index (χ1v) is 17.9. The van der Waals surface area contributed by atoms with Crippen LogP contribution < -0.4 is 0 Å². The van der Waals surface area contributed by atoms with Gasteiger partial charge in [0.2, 0.25) is 0 Å². The van der Waals surface area contributed by atoms with Gasteiger partial charge in [0.15, 0.2) is 0 Å². The van der Waals surface area contributed by atoms with Crippen molar-refractivity contribution in [2.24, 2.45) is 0 Å². The average Bonchev–Trinajstić information content (AvgIpc) is 2.69. The summed E-state index contributed by atoms with van der Waals surface area (Å²) in [4.78, 5) is 0. The fourth-order valence-electron chi connectivity index (χ4n) is 2.84. The third-order valence-electron chi connectivity index (χ3n) is 5.33. The first-order chi connectivity index (χ1) is 16.1. The summed E-state index contributed by atoms with van der Waals surface area (Å²) >= 11 is 0. The van der Waals surface area contributed by atoms with Gasteiger partial charge in [-0.15, -0.1) is 0 Å². The van der Waals surface area contributed by atoms with Crippen LogP contribution in [0.2, 0.25) is 0 Å². The van der Waals surface area contributed by atoms with E-state index >= 15 is 0 Å². The van der Waals surface area contributed by atoms with Gasteiger partial charge in [0.25, 0.3) is 40.5 Å². The molecule has 0 fully saturated rings. The molecule has 0 aliphatic heterocycles. The molecule has 16 heteroatoms. The lowest BCUT2D eigenvalue weighted by Gasteiger charge is -2.05. The van der Waals surface area contributed by atoms with E-state index in [1.54, 1.807) is 55.4 Å². The maximum Gasteiger partial charge on any atom is 0.267 e. The fourth-order valence-corrected chi connectivity index (χ4v) is 6.21. The second-order valence-electron chi connectivity index (χ2n) is 7.81. The molecule has 0 bridgehead atoms. The minimum atomic E-state index is -3.77. The van der Waals surface area contributed by atoms with E-state index in [0.717, 1.165) is 0 Å². The first kappa shape index (κ1) is 46.5. The van der Waals surface area contributed by atoms with Gasteiger partial charge in [-0.3, -0.25) is 18.2 Å². The summed E-state index contributed by atoms with van der Waals surface area (Å²) < 4.78 is 117. The van der Waals surface area contributed by atoms with Crippen LogP contribution in [0.5, 0.6) is 0 Å². The molecule has 0 aliphatic rings. The lowest BCUT2D eigenvalue weighted by atomic mass is 10.3. The predicted molar refractivity (Wildman–Crippen MR) is 150 cm³/mol. The smallest absolute Gasteiger partial charge is 0.267 e. The van der Waals surface area contributed by atoms with Crippen LogP contribution in [0.3, 0.4) is 0 Å². The number of hydrogen-bond acceptors (Lipinski definition) is 8. The Morgan fingerprint density at radius 3 is 0.432 bits per heavy atom. The molecule has 0 amide bonds. The summed E-state index contributed by atoms with van der Waals surface area (Å²) in [6.07, 6.45) is 3.85. The van der Waals surface area contributed by atoms with E-state index in [2.05, 4.69) is 0 Å². The van der Waals surface area contributed by atoms with Gasteiger partial charge in [-0.1, -0.05) is 62.8 Å². The highest BCUT2D eigenvalue weighted by molar-refractivity contribution is 7.87. The Balaban J connectivity index is -0.000000122. The van der Waals surface area contributed by atoms with Gasteiger partial charge >= 0.3 is 0 Å². The molecule has 0 aromatic heterocycles. The molecule has 0 radical (unpaired) electrons. The van der Waals surface area contributed by atoms with Crippen LogP contribution in [-0.2, 0) is 40.5 Å². The largest absolute Gasteiger partial charge is 0.285 e. The standard InChI is InChI=1S/4C5H12O3S.CH4/c4*1-3-5(4-2)9(6,7)8;/h4*5H,3-4H2,1-2H3,(H,6,7,8);1H4. The van der Waals surface area contributed by atoms with Crippen LogP contribution in [0.15, 0.2) is 0 Å². The Labute approximate surface area is 227 Å². The maximum atomic E-state index is 10.3. The molecule has 0 atom stereocenters. The van der Waals surface area contributed by atoms with Crippen molar-refractivity contribution in [2.75, 3.05) is 0 Å². The van der Waals surface area contributed by atoms with Gasteiger partial charge in [-0.05, 0) is 51.4 Å². The molecule has 0 saturated heterocycles. The van der Waals surface area contributed by atoms with Crippen molar-refractivity contribution in [2.45, 2.75) is 135 Å². The summed E-state index contributed by atoms with van der Waals surface area (Å²) in [5.41, 5.74) is 0. The molecule has 0 unspecified atom stereocenters. The van der Waals surface area contributed by atoms with Crippen molar-refractivity contribution >= 4 is 40.5 Å². The summed E-state index contributed by atoms with van der Waals surface area (Å²) in [6, 6.07) is 0. The highest BCUT2D eigenvalue weighted by Gasteiger charge is 2.19. The van der Waals surface area contributed by atoms with Gasteiger partial charge in [0.1, 0.15) is 0 Å². The van der Waals surface area contributed by atoms with Crippen molar-refractivity contribution in [3.63, 3.8) is 0 Å². The Morgan fingerprint density at radius 1 is 0.351 bits per heavy atom. The highest BCUT2D eigenvalue weighted by Crippen LogP contribution is 2.08. The molecule has 0 aromatic rings. The van der Waals surface area contributed by atoms with Crippen LogP contribution in [0.25, 0.3) is 0 Å². The van der Waals surface area contributed by atoms with Crippen LogP contribution in [0.1, 0.15) is 114 Å². The van der Waals surface area contributed by atoms with Gasteiger partial charge in [-0.2, -0.15) is 33.7 Å². The van der Waals surface area contributed by atoms with Crippen molar-refractivity contribution < 1.29 is 51.9 Å². The Morgan fingerprint density at radius 2 is 0.432 bits per heavy atom. The summed E-state index contributed by atoms with van der Waals surface area (Å²) in [5.74, 6) is 0. The molecule has 12 nitrogen and oxygen atoms in total. The zero-order chi connectivity index (χ0) is 30.0. The van der Waals surface area contributed by atoms with E-state index in [1.807, 2.05) is 0 Å². The zero-order valence-electron chi connectivity index (χ0n) is 22.7. The van der Waals surface area contributed by atoms with Crippen LogP contribution in [0, 0.1) is 0 Å². The maximum absolute atomic E-state index is 10.3. The highest BCUT2D eigenvalue weighted by atomic mass is 32.2. The van der Waals surface area contributed by atoms with E-state index in [-0.39, 0.29) is 7.43 Å². The van der Waals surface area contributed by atoms with Crippen LogP contribution >= 0.6 is 0 Å². The SMILES string of the molecule is C.CCC(CC)S(=O)(=O)O.CCC(CC)S(=O)(=O)O.CCC(CC)S(=O)(=O)O.CCC(CC)S(=O)(=O)O. The number of rotatable bonds is 12.